The molecule has 0 radical (unpaired) electrons. The molecule has 0 spiro atoms. The Morgan fingerprint density at radius 2 is 1.64 bits per heavy atom. The molecule has 1 heterocycles. The number of piperazine rings is 1. The molecular weight excluding hydrogens is 421 g/mol. The Bertz CT molecular complexity index is 943. The lowest BCUT2D eigenvalue weighted by Crippen LogP contribution is -2.51. The van der Waals surface area contributed by atoms with Crippen LogP contribution in [0.15, 0.2) is 53.4 Å². The van der Waals surface area contributed by atoms with E-state index in [1.54, 1.807) is 4.90 Å². The van der Waals surface area contributed by atoms with Gasteiger partial charge in [-0.3, -0.25) is 4.79 Å². The van der Waals surface area contributed by atoms with Crippen molar-refractivity contribution in [3.8, 4) is 0 Å². The fraction of sp³-hybridized carbons (Fsp3) is 0.316. The van der Waals surface area contributed by atoms with Gasteiger partial charge in [-0.15, -0.1) is 0 Å². The highest BCUT2D eigenvalue weighted by atomic mass is 35.5. The predicted molar refractivity (Wildman–Crippen MR) is 112 cm³/mol. The lowest BCUT2D eigenvalue weighted by molar-refractivity contribution is -0.131. The highest BCUT2D eigenvalue weighted by molar-refractivity contribution is 7.89. The van der Waals surface area contributed by atoms with E-state index in [4.69, 9.17) is 23.2 Å². The number of nitrogens with zero attached hydrogens (tertiary/aromatic N) is 3. The number of rotatable bonds is 5. The van der Waals surface area contributed by atoms with E-state index in [-0.39, 0.29) is 17.3 Å². The van der Waals surface area contributed by atoms with Crippen LogP contribution in [-0.2, 0) is 14.8 Å². The molecule has 1 saturated heterocycles. The maximum atomic E-state index is 12.6. The Labute approximate surface area is 175 Å². The molecule has 1 fully saturated rings. The van der Waals surface area contributed by atoms with E-state index >= 15 is 0 Å². The second kappa shape index (κ2) is 8.69. The van der Waals surface area contributed by atoms with Gasteiger partial charge in [0.15, 0.2) is 0 Å². The molecule has 3 rings (SSSR count). The zero-order chi connectivity index (χ0) is 20.3. The number of carbonyl (C=O) groups excluding carboxylic acids is 1. The molecule has 0 atom stereocenters. The number of amides is 1. The minimum atomic E-state index is -3.75. The van der Waals surface area contributed by atoms with Crippen LogP contribution in [0.5, 0.6) is 0 Å². The molecule has 1 aliphatic heterocycles. The number of sulfonamides is 1. The van der Waals surface area contributed by atoms with Crippen LogP contribution >= 0.6 is 23.2 Å². The highest BCUT2D eigenvalue weighted by Crippen LogP contribution is 2.21. The number of carbonyl (C=O) groups is 1. The molecule has 150 valence electrons. The molecule has 1 amide bonds. The zero-order valence-corrected chi connectivity index (χ0v) is 17.7. The first-order chi connectivity index (χ1) is 13.3. The van der Waals surface area contributed by atoms with Crippen molar-refractivity contribution in [2.75, 3.05) is 44.7 Å². The topological polar surface area (TPSA) is 60.9 Å². The van der Waals surface area contributed by atoms with Gasteiger partial charge in [-0.25, -0.2) is 8.42 Å². The smallest absolute Gasteiger partial charge is 0.243 e. The molecule has 0 unspecified atom stereocenters. The van der Waals surface area contributed by atoms with Crippen molar-refractivity contribution in [2.24, 2.45) is 0 Å². The van der Waals surface area contributed by atoms with E-state index in [9.17, 15) is 13.2 Å². The highest BCUT2D eigenvalue weighted by Gasteiger charge is 2.27. The van der Waals surface area contributed by atoms with Gasteiger partial charge in [0.1, 0.15) is 0 Å². The van der Waals surface area contributed by atoms with E-state index in [1.165, 1.54) is 31.3 Å². The summed E-state index contributed by atoms with van der Waals surface area (Å²) in [7, 11) is -2.34. The van der Waals surface area contributed by atoms with Gasteiger partial charge >= 0.3 is 0 Å². The average molecular weight is 442 g/mol. The van der Waals surface area contributed by atoms with Gasteiger partial charge in [-0.2, -0.15) is 4.31 Å². The summed E-state index contributed by atoms with van der Waals surface area (Å²) in [5, 5.41) is 1.13. The molecule has 0 bridgehead atoms. The number of hydrogen-bond donors (Lipinski definition) is 0. The Hall–Kier alpha value is -1.80. The first-order valence-electron chi connectivity index (χ1n) is 8.77. The number of likely N-dealkylation sites (N-methyl/N-ethyl adjacent to an activating group) is 1. The average Bonchev–Trinajstić information content (AvgIpc) is 2.68. The van der Waals surface area contributed by atoms with Crippen LogP contribution in [0, 0.1) is 0 Å². The van der Waals surface area contributed by atoms with E-state index in [0.29, 0.717) is 36.2 Å². The van der Waals surface area contributed by atoms with Crippen molar-refractivity contribution in [1.29, 1.82) is 0 Å². The van der Waals surface area contributed by atoms with Crippen molar-refractivity contribution in [2.45, 2.75) is 4.90 Å². The Morgan fingerprint density at radius 1 is 1.00 bits per heavy atom. The summed E-state index contributed by atoms with van der Waals surface area (Å²) in [5.74, 6) is -0.217. The molecule has 0 saturated carbocycles. The van der Waals surface area contributed by atoms with Crippen molar-refractivity contribution in [1.82, 2.24) is 9.21 Å². The quantitative estimate of drug-likeness (QED) is 0.715. The number of anilines is 1. The van der Waals surface area contributed by atoms with E-state index in [1.807, 2.05) is 24.3 Å². The fourth-order valence-corrected chi connectivity index (χ4v) is 4.48. The van der Waals surface area contributed by atoms with Crippen molar-refractivity contribution >= 4 is 44.8 Å². The van der Waals surface area contributed by atoms with Crippen molar-refractivity contribution < 1.29 is 13.2 Å². The third-order valence-electron chi connectivity index (χ3n) is 4.69. The monoisotopic (exact) mass is 441 g/mol. The van der Waals surface area contributed by atoms with Gasteiger partial charge in [0, 0.05) is 49.0 Å². The second-order valence-corrected chi connectivity index (χ2v) is 9.48. The van der Waals surface area contributed by atoms with Crippen LogP contribution in [0.25, 0.3) is 0 Å². The fourth-order valence-electron chi connectivity index (χ4n) is 3.05. The van der Waals surface area contributed by atoms with Crippen LogP contribution < -0.4 is 4.90 Å². The lowest BCUT2D eigenvalue weighted by atomic mass is 10.2. The largest absolute Gasteiger partial charge is 0.368 e. The summed E-state index contributed by atoms with van der Waals surface area (Å²) < 4.78 is 26.3. The molecule has 2 aromatic carbocycles. The third kappa shape index (κ3) is 4.78. The maximum Gasteiger partial charge on any atom is 0.243 e. The minimum absolute atomic E-state index is 0.109. The molecule has 6 nitrogen and oxygen atoms in total. The van der Waals surface area contributed by atoms with Crippen molar-refractivity contribution in [3.05, 3.63) is 58.6 Å². The maximum absolute atomic E-state index is 12.6. The van der Waals surface area contributed by atoms with Gasteiger partial charge in [-0.05, 0) is 42.5 Å². The van der Waals surface area contributed by atoms with Crippen LogP contribution in [0.3, 0.4) is 0 Å². The molecule has 0 aliphatic carbocycles. The number of benzene rings is 2. The van der Waals surface area contributed by atoms with Gasteiger partial charge < -0.3 is 9.80 Å². The first kappa shape index (κ1) is 20.9. The molecule has 2 aromatic rings. The Balaban J connectivity index is 1.58. The van der Waals surface area contributed by atoms with Crippen molar-refractivity contribution in [3.63, 3.8) is 0 Å². The Morgan fingerprint density at radius 3 is 2.25 bits per heavy atom. The van der Waals surface area contributed by atoms with Gasteiger partial charge in [0.2, 0.25) is 15.9 Å². The normalized spacial score (nSPS) is 15.1. The molecule has 28 heavy (non-hydrogen) atoms. The summed E-state index contributed by atoms with van der Waals surface area (Å²) in [6.45, 7) is 2.18. The standard InChI is InChI=1S/C19H21Cl2N3O3S/c1-22(28(26,27)18-7-5-15(20)6-8-18)14-19(25)24-11-9-23(10-12-24)17-4-2-3-16(21)13-17/h2-8,13H,9-12,14H2,1H3. The predicted octanol–water partition coefficient (Wildman–Crippen LogP) is 2.96. The van der Waals surface area contributed by atoms with E-state index in [2.05, 4.69) is 4.90 Å². The third-order valence-corrected chi connectivity index (χ3v) is 6.99. The summed E-state index contributed by atoms with van der Waals surface area (Å²) >= 11 is 11.9. The summed E-state index contributed by atoms with van der Waals surface area (Å²) in [5.41, 5.74) is 1.02. The first-order valence-corrected chi connectivity index (χ1v) is 11.0. The van der Waals surface area contributed by atoms with Crippen LogP contribution in [0.1, 0.15) is 0 Å². The van der Waals surface area contributed by atoms with E-state index in [0.717, 1.165) is 9.99 Å². The summed E-state index contributed by atoms with van der Waals surface area (Å²) in [4.78, 5) is 16.6. The Kier molecular flexibility index (Phi) is 6.50. The number of hydrogen-bond acceptors (Lipinski definition) is 4. The van der Waals surface area contributed by atoms with Gasteiger partial charge in [-0.1, -0.05) is 29.3 Å². The molecular formula is C19H21Cl2N3O3S. The lowest BCUT2D eigenvalue weighted by Gasteiger charge is -2.36. The SMILES string of the molecule is CN(CC(=O)N1CCN(c2cccc(Cl)c2)CC1)S(=O)(=O)c1ccc(Cl)cc1. The molecule has 0 aromatic heterocycles. The van der Waals surface area contributed by atoms with Crippen LogP contribution in [0.4, 0.5) is 5.69 Å². The number of halogens is 2. The summed E-state index contributed by atoms with van der Waals surface area (Å²) in [6, 6.07) is 13.5. The van der Waals surface area contributed by atoms with Crippen LogP contribution in [0.2, 0.25) is 10.0 Å². The van der Waals surface area contributed by atoms with Crippen LogP contribution in [-0.4, -0.2) is 63.3 Å². The molecule has 1 aliphatic rings. The minimum Gasteiger partial charge on any atom is -0.368 e. The van der Waals surface area contributed by atoms with Gasteiger partial charge in [0.25, 0.3) is 0 Å². The second-order valence-electron chi connectivity index (χ2n) is 6.56. The molecule has 9 heteroatoms. The van der Waals surface area contributed by atoms with E-state index < -0.39 is 10.0 Å². The zero-order valence-electron chi connectivity index (χ0n) is 15.4. The molecule has 0 N–H and O–H groups in total. The summed E-state index contributed by atoms with van der Waals surface area (Å²) in [6.07, 6.45) is 0. The van der Waals surface area contributed by atoms with Gasteiger partial charge in [0.05, 0.1) is 11.4 Å².